The van der Waals surface area contributed by atoms with Gasteiger partial charge in [0.2, 0.25) is 0 Å². The number of hydrogen-bond acceptors (Lipinski definition) is 3. The number of aliphatic hydroxyl groups excluding tert-OH is 1. The molecule has 0 aliphatic heterocycles. The van der Waals surface area contributed by atoms with Crippen molar-refractivity contribution in [1.29, 1.82) is 0 Å². The minimum absolute atomic E-state index is 0.0295. The Hall–Kier alpha value is -3.24. The SMILES string of the molecule is O=C1c2ccccc2-c2nn(C[C@@H](O)c3ccccc3)c3cccc1c23. The number of aromatic nitrogens is 2. The smallest absolute Gasteiger partial charge is 0.194 e. The fourth-order valence-electron chi connectivity index (χ4n) is 3.72. The Kier molecular flexibility index (Phi) is 3.27. The lowest BCUT2D eigenvalue weighted by Gasteiger charge is -2.13. The van der Waals surface area contributed by atoms with Gasteiger partial charge in [-0.15, -0.1) is 0 Å². The molecule has 1 aliphatic carbocycles. The molecule has 0 saturated carbocycles. The summed E-state index contributed by atoms with van der Waals surface area (Å²) in [4.78, 5) is 12.9. The Balaban J connectivity index is 1.68. The molecule has 1 atom stereocenters. The van der Waals surface area contributed by atoms with E-state index in [4.69, 9.17) is 5.10 Å². The maximum Gasteiger partial charge on any atom is 0.194 e. The lowest BCUT2D eigenvalue weighted by molar-refractivity contribution is 0.104. The van der Waals surface area contributed by atoms with Crippen LogP contribution in [0.2, 0.25) is 0 Å². The van der Waals surface area contributed by atoms with Crippen LogP contribution in [0.5, 0.6) is 0 Å². The third-order valence-electron chi connectivity index (χ3n) is 4.98. The van der Waals surface area contributed by atoms with E-state index in [0.29, 0.717) is 17.7 Å². The first-order valence-corrected chi connectivity index (χ1v) is 8.60. The largest absolute Gasteiger partial charge is 0.386 e. The van der Waals surface area contributed by atoms with Crippen LogP contribution in [-0.2, 0) is 6.54 Å². The van der Waals surface area contributed by atoms with E-state index in [1.807, 2.05) is 72.8 Å². The monoisotopic (exact) mass is 340 g/mol. The van der Waals surface area contributed by atoms with E-state index < -0.39 is 6.10 Å². The second-order valence-corrected chi connectivity index (χ2v) is 6.53. The first-order valence-electron chi connectivity index (χ1n) is 8.60. The Morgan fingerprint density at radius 1 is 0.846 bits per heavy atom. The van der Waals surface area contributed by atoms with E-state index in [9.17, 15) is 9.90 Å². The van der Waals surface area contributed by atoms with Gasteiger partial charge in [0.25, 0.3) is 0 Å². The predicted octanol–water partition coefficient (Wildman–Crippen LogP) is 3.98. The second kappa shape index (κ2) is 5.64. The average molecular weight is 340 g/mol. The van der Waals surface area contributed by atoms with Crippen LogP contribution in [0.25, 0.3) is 22.2 Å². The summed E-state index contributed by atoms with van der Waals surface area (Å²) < 4.78 is 1.81. The zero-order valence-corrected chi connectivity index (χ0v) is 14.0. The maximum absolute atomic E-state index is 12.9. The normalized spacial score (nSPS) is 13.7. The van der Waals surface area contributed by atoms with E-state index in [0.717, 1.165) is 27.7 Å². The molecule has 4 heteroatoms. The van der Waals surface area contributed by atoms with Crippen LogP contribution < -0.4 is 0 Å². The van der Waals surface area contributed by atoms with Crippen LogP contribution >= 0.6 is 0 Å². The molecule has 0 spiro atoms. The second-order valence-electron chi connectivity index (χ2n) is 6.53. The van der Waals surface area contributed by atoms with Crippen molar-refractivity contribution < 1.29 is 9.90 Å². The van der Waals surface area contributed by atoms with Gasteiger partial charge < -0.3 is 5.11 Å². The summed E-state index contributed by atoms with van der Waals surface area (Å²) in [5, 5.41) is 16.3. The van der Waals surface area contributed by atoms with Gasteiger partial charge in [-0.1, -0.05) is 66.7 Å². The Morgan fingerprint density at radius 3 is 2.35 bits per heavy atom. The van der Waals surface area contributed by atoms with Crippen LogP contribution in [0, 0.1) is 0 Å². The van der Waals surface area contributed by atoms with Crippen LogP contribution in [-0.4, -0.2) is 20.7 Å². The number of ketones is 1. The minimum atomic E-state index is -0.664. The fourth-order valence-corrected chi connectivity index (χ4v) is 3.72. The highest BCUT2D eigenvalue weighted by Crippen LogP contribution is 2.39. The molecule has 0 radical (unpaired) electrons. The van der Waals surface area contributed by atoms with E-state index in [-0.39, 0.29) is 5.78 Å². The van der Waals surface area contributed by atoms with E-state index in [1.165, 1.54) is 0 Å². The molecule has 0 amide bonds. The molecule has 3 aromatic carbocycles. The van der Waals surface area contributed by atoms with Crippen molar-refractivity contribution in [1.82, 2.24) is 9.78 Å². The van der Waals surface area contributed by atoms with Gasteiger partial charge in [-0.3, -0.25) is 9.48 Å². The molecule has 0 fully saturated rings. The fraction of sp³-hybridized carbons (Fsp3) is 0.0909. The van der Waals surface area contributed by atoms with Crippen molar-refractivity contribution in [3.63, 3.8) is 0 Å². The number of fused-ring (bicyclic) bond motifs is 2. The van der Waals surface area contributed by atoms with E-state index >= 15 is 0 Å². The van der Waals surface area contributed by atoms with Crippen LogP contribution in [0.15, 0.2) is 72.8 Å². The molecule has 5 rings (SSSR count). The zero-order valence-electron chi connectivity index (χ0n) is 14.0. The molecule has 0 unspecified atom stereocenters. The third-order valence-corrected chi connectivity index (χ3v) is 4.98. The number of benzene rings is 3. The first-order chi connectivity index (χ1) is 12.7. The van der Waals surface area contributed by atoms with Gasteiger partial charge in [0.15, 0.2) is 5.78 Å². The molecule has 4 aromatic rings. The van der Waals surface area contributed by atoms with Gasteiger partial charge in [-0.25, -0.2) is 0 Å². The van der Waals surface area contributed by atoms with Crippen LogP contribution in [0.3, 0.4) is 0 Å². The topological polar surface area (TPSA) is 55.1 Å². The van der Waals surface area contributed by atoms with Gasteiger partial charge in [-0.2, -0.15) is 5.10 Å². The van der Waals surface area contributed by atoms with Crippen LogP contribution in [0.4, 0.5) is 0 Å². The van der Waals surface area contributed by atoms with Gasteiger partial charge in [0.1, 0.15) is 5.69 Å². The molecule has 1 aliphatic rings. The molecule has 0 bridgehead atoms. The summed E-state index contributed by atoms with van der Waals surface area (Å²) in [6.45, 7) is 0.334. The van der Waals surface area contributed by atoms with Crippen molar-refractivity contribution in [3.8, 4) is 11.3 Å². The van der Waals surface area contributed by atoms with Crippen LogP contribution in [0.1, 0.15) is 27.6 Å². The minimum Gasteiger partial charge on any atom is -0.386 e. The van der Waals surface area contributed by atoms with Gasteiger partial charge in [0, 0.05) is 22.1 Å². The summed E-state index contributed by atoms with van der Waals surface area (Å²) >= 11 is 0. The lowest BCUT2D eigenvalue weighted by atomic mass is 9.87. The van der Waals surface area contributed by atoms with Gasteiger partial charge >= 0.3 is 0 Å². The zero-order chi connectivity index (χ0) is 17.7. The highest BCUT2D eigenvalue weighted by molar-refractivity contribution is 6.25. The van der Waals surface area contributed by atoms with Gasteiger partial charge in [-0.05, 0) is 11.6 Å². The third kappa shape index (κ3) is 2.13. The highest BCUT2D eigenvalue weighted by atomic mass is 16.3. The Morgan fingerprint density at radius 2 is 1.54 bits per heavy atom. The molecule has 0 saturated heterocycles. The van der Waals surface area contributed by atoms with Crippen molar-refractivity contribution in [3.05, 3.63) is 89.5 Å². The number of aliphatic hydroxyl groups is 1. The highest BCUT2D eigenvalue weighted by Gasteiger charge is 2.28. The predicted molar refractivity (Wildman–Crippen MR) is 100 cm³/mol. The molecule has 4 nitrogen and oxygen atoms in total. The number of carbonyl (C=O) groups is 1. The maximum atomic E-state index is 12.9. The molecule has 1 N–H and O–H groups in total. The lowest BCUT2D eigenvalue weighted by Crippen LogP contribution is -2.10. The number of nitrogens with zero attached hydrogens (tertiary/aromatic N) is 2. The average Bonchev–Trinajstić information content (AvgIpc) is 3.06. The summed E-state index contributed by atoms with van der Waals surface area (Å²) in [6, 6.07) is 22.8. The molecular weight excluding hydrogens is 324 g/mol. The number of carbonyl (C=O) groups excluding carboxylic acids is 1. The van der Waals surface area contributed by atoms with E-state index in [2.05, 4.69) is 0 Å². The first kappa shape index (κ1) is 15.0. The Labute approximate surface area is 150 Å². The summed E-state index contributed by atoms with van der Waals surface area (Å²) in [5.41, 5.74) is 4.74. The van der Waals surface area contributed by atoms with E-state index in [1.54, 1.807) is 4.68 Å². The molecule has 26 heavy (non-hydrogen) atoms. The standard InChI is InChI=1S/C22H16N2O2/c25-19(14-7-2-1-3-8-14)13-24-18-12-6-11-17-20(18)21(23-24)15-9-4-5-10-16(15)22(17)26/h1-12,19,25H,13H2/t19-/m1/s1. The Bertz CT molecular complexity index is 1150. The molecule has 126 valence electrons. The van der Waals surface area contributed by atoms with Crippen molar-refractivity contribution in [2.24, 2.45) is 0 Å². The summed E-state index contributed by atoms with van der Waals surface area (Å²) in [6.07, 6.45) is -0.664. The summed E-state index contributed by atoms with van der Waals surface area (Å²) in [7, 11) is 0. The molecular formula is C22H16N2O2. The quantitative estimate of drug-likeness (QED) is 0.540. The number of rotatable bonds is 3. The van der Waals surface area contributed by atoms with Crippen molar-refractivity contribution >= 4 is 16.7 Å². The summed E-state index contributed by atoms with van der Waals surface area (Å²) in [5.74, 6) is 0.0295. The van der Waals surface area contributed by atoms with Gasteiger partial charge in [0.05, 0.1) is 18.2 Å². The van der Waals surface area contributed by atoms with Crippen molar-refractivity contribution in [2.45, 2.75) is 12.6 Å². The molecule has 1 heterocycles. The molecule has 1 aromatic heterocycles. The number of hydrogen-bond donors (Lipinski definition) is 1. The van der Waals surface area contributed by atoms with Crippen molar-refractivity contribution in [2.75, 3.05) is 0 Å².